The molecule has 1 unspecified atom stereocenters. The minimum absolute atomic E-state index is 0.0225. The van der Waals surface area contributed by atoms with Gasteiger partial charge in [-0.15, -0.1) is 0 Å². The van der Waals surface area contributed by atoms with Crippen LogP contribution in [0.5, 0.6) is 0 Å². The minimum atomic E-state index is -4.72. The van der Waals surface area contributed by atoms with E-state index in [1.807, 2.05) is 14.1 Å². The number of nitrogens with zero attached hydrogens (tertiary/aromatic N) is 4. The Hall–Kier alpha value is -1.15. The molecule has 2 heterocycles. The number of rotatable bonds is 10. The quantitative estimate of drug-likeness (QED) is 0.418. The topological polar surface area (TPSA) is 73.4 Å². The van der Waals surface area contributed by atoms with Crippen LogP contribution in [0.25, 0.3) is 0 Å². The first kappa shape index (κ1) is 30.4. The highest BCUT2D eigenvalue weighted by molar-refractivity contribution is 7.89. The third-order valence-electron chi connectivity index (χ3n) is 6.56. The lowest BCUT2D eigenvalue weighted by molar-refractivity contribution is -0.138. The molecule has 14 heteroatoms. The van der Waals surface area contributed by atoms with Crippen molar-refractivity contribution >= 4 is 39.1 Å². The van der Waals surface area contributed by atoms with Gasteiger partial charge in [0.05, 0.1) is 22.2 Å². The summed E-state index contributed by atoms with van der Waals surface area (Å²) in [7, 11) is -0.209. The van der Waals surface area contributed by atoms with Crippen LogP contribution in [0.4, 0.5) is 13.2 Å². The first-order valence-corrected chi connectivity index (χ1v) is 14.3. The van der Waals surface area contributed by atoms with Crippen molar-refractivity contribution < 1.29 is 31.1 Å². The number of hydrogen-bond donors (Lipinski definition) is 0. The average molecular weight is 590 g/mol. The third kappa shape index (κ3) is 7.93. The fraction of sp³-hybridized carbons (Fsp3) is 0.696. The molecule has 2 fully saturated rings. The van der Waals surface area contributed by atoms with Crippen LogP contribution in [-0.4, -0.2) is 112 Å². The van der Waals surface area contributed by atoms with Gasteiger partial charge in [0.15, 0.2) is 0 Å². The lowest BCUT2D eigenvalue weighted by Gasteiger charge is -2.35. The largest absolute Gasteiger partial charge is 0.416 e. The molecule has 0 N–H and O–H groups in total. The molecule has 0 saturated carbocycles. The molecule has 1 amide bonds. The van der Waals surface area contributed by atoms with Crippen molar-refractivity contribution in [1.82, 2.24) is 19.0 Å². The van der Waals surface area contributed by atoms with Crippen molar-refractivity contribution in [3.63, 3.8) is 0 Å². The van der Waals surface area contributed by atoms with E-state index in [1.54, 1.807) is 4.90 Å². The Morgan fingerprint density at radius 2 is 1.73 bits per heavy atom. The minimum Gasteiger partial charge on any atom is -0.370 e. The molecule has 0 spiro atoms. The molecule has 2 aliphatic heterocycles. The van der Waals surface area contributed by atoms with E-state index < -0.39 is 42.7 Å². The Bertz CT molecular complexity index is 1030. The fourth-order valence-electron chi connectivity index (χ4n) is 4.58. The molecule has 0 bridgehead atoms. The van der Waals surface area contributed by atoms with E-state index in [9.17, 15) is 26.4 Å². The Kier molecular flexibility index (Phi) is 10.5. The van der Waals surface area contributed by atoms with Crippen LogP contribution >= 0.6 is 23.2 Å². The lowest BCUT2D eigenvalue weighted by Crippen LogP contribution is -2.50. The smallest absolute Gasteiger partial charge is 0.370 e. The van der Waals surface area contributed by atoms with Crippen molar-refractivity contribution in [1.29, 1.82) is 0 Å². The van der Waals surface area contributed by atoms with Crippen molar-refractivity contribution in [3.8, 4) is 0 Å². The standard InChI is InChI=1S/C23H33Cl2F3N4O4S/c1-29(2)6-4-7-30-9-11-31(12-10-30)21(33)16-36-15-18-5-3-8-32(18)37(34,35)22-19(24)13-17(14-20(22)25)23(26,27)28/h13-14,18H,3-12,15-16H2,1-2H3. The number of sulfonamides is 1. The van der Waals surface area contributed by atoms with Crippen molar-refractivity contribution in [2.24, 2.45) is 0 Å². The van der Waals surface area contributed by atoms with Gasteiger partial charge >= 0.3 is 6.18 Å². The summed E-state index contributed by atoms with van der Waals surface area (Å²) in [5.74, 6) is -0.158. The highest BCUT2D eigenvalue weighted by atomic mass is 35.5. The second-order valence-corrected chi connectivity index (χ2v) is 12.2. The summed E-state index contributed by atoms with van der Waals surface area (Å²) in [5, 5.41) is -1.19. The zero-order valence-corrected chi connectivity index (χ0v) is 23.3. The van der Waals surface area contributed by atoms with Crippen LogP contribution in [-0.2, 0) is 25.7 Å². The monoisotopic (exact) mass is 588 g/mol. The van der Waals surface area contributed by atoms with Crippen LogP contribution < -0.4 is 0 Å². The van der Waals surface area contributed by atoms with Gasteiger partial charge in [-0.05, 0) is 58.6 Å². The second kappa shape index (κ2) is 12.8. The number of ether oxygens (including phenoxy) is 1. The van der Waals surface area contributed by atoms with E-state index in [4.69, 9.17) is 27.9 Å². The predicted molar refractivity (Wildman–Crippen MR) is 135 cm³/mol. The van der Waals surface area contributed by atoms with Crippen molar-refractivity contribution in [2.75, 3.05) is 73.1 Å². The number of benzene rings is 1. The molecule has 1 aromatic rings. The Morgan fingerprint density at radius 1 is 1.11 bits per heavy atom. The van der Waals surface area contributed by atoms with Gasteiger partial charge in [0.25, 0.3) is 0 Å². The molecular weight excluding hydrogens is 556 g/mol. The van der Waals surface area contributed by atoms with Gasteiger partial charge in [-0.1, -0.05) is 23.2 Å². The molecular formula is C23H33Cl2F3N4O4S. The zero-order chi connectivity index (χ0) is 27.4. The molecule has 1 aromatic carbocycles. The maximum absolute atomic E-state index is 13.3. The van der Waals surface area contributed by atoms with Gasteiger partial charge in [-0.2, -0.15) is 17.5 Å². The number of hydrogen-bond acceptors (Lipinski definition) is 6. The van der Waals surface area contributed by atoms with Gasteiger partial charge in [-0.3, -0.25) is 9.69 Å². The van der Waals surface area contributed by atoms with Crippen molar-refractivity contribution in [2.45, 2.75) is 36.4 Å². The van der Waals surface area contributed by atoms with E-state index in [0.717, 1.165) is 36.9 Å². The van der Waals surface area contributed by atoms with E-state index in [-0.39, 0.29) is 25.7 Å². The second-order valence-electron chi connectivity index (χ2n) is 9.57. The molecule has 2 saturated heterocycles. The summed E-state index contributed by atoms with van der Waals surface area (Å²) >= 11 is 11.9. The van der Waals surface area contributed by atoms with Crippen LogP contribution in [0.2, 0.25) is 10.0 Å². The SMILES string of the molecule is CN(C)CCCN1CCN(C(=O)COCC2CCCN2S(=O)(=O)c2c(Cl)cc(C(F)(F)F)cc2Cl)CC1. The van der Waals surface area contributed by atoms with Gasteiger partial charge in [0.2, 0.25) is 15.9 Å². The number of piperazine rings is 1. The first-order valence-electron chi connectivity index (χ1n) is 12.1. The van der Waals surface area contributed by atoms with Crippen molar-refractivity contribution in [3.05, 3.63) is 27.7 Å². The van der Waals surface area contributed by atoms with Gasteiger partial charge in [0, 0.05) is 38.8 Å². The zero-order valence-electron chi connectivity index (χ0n) is 20.9. The van der Waals surface area contributed by atoms with E-state index in [2.05, 4.69) is 9.80 Å². The van der Waals surface area contributed by atoms with E-state index >= 15 is 0 Å². The Labute approximate surface area is 226 Å². The van der Waals surface area contributed by atoms with E-state index in [1.165, 1.54) is 0 Å². The lowest BCUT2D eigenvalue weighted by atomic mass is 10.2. The molecule has 0 radical (unpaired) electrons. The van der Waals surface area contributed by atoms with Gasteiger partial charge in [-0.25, -0.2) is 8.42 Å². The van der Waals surface area contributed by atoms with E-state index in [0.29, 0.717) is 38.1 Å². The molecule has 0 aromatic heterocycles. The molecule has 3 rings (SSSR count). The summed E-state index contributed by atoms with van der Waals surface area (Å²) in [6.07, 6.45) is -2.64. The summed E-state index contributed by atoms with van der Waals surface area (Å²) in [4.78, 5) is 18.3. The van der Waals surface area contributed by atoms with Crippen LogP contribution in [0.15, 0.2) is 17.0 Å². The van der Waals surface area contributed by atoms with Crippen LogP contribution in [0.3, 0.4) is 0 Å². The average Bonchev–Trinajstić information content (AvgIpc) is 3.27. The number of alkyl halides is 3. The van der Waals surface area contributed by atoms with Crippen LogP contribution in [0.1, 0.15) is 24.8 Å². The summed E-state index contributed by atoms with van der Waals surface area (Å²) in [6, 6.07) is 0.534. The summed E-state index contributed by atoms with van der Waals surface area (Å²) < 4.78 is 72.4. The number of carbonyl (C=O) groups excluding carboxylic acids is 1. The van der Waals surface area contributed by atoms with Gasteiger partial charge in [0.1, 0.15) is 11.5 Å². The molecule has 8 nitrogen and oxygen atoms in total. The normalized spacial score (nSPS) is 20.2. The summed E-state index contributed by atoms with van der Waals surface area (Å²) in [5.41, 5.74) is -1.13. The predicted octanol–water partition coefficient (Wildman–Crippen LogP) is 3.28. The first-order chi connectivity index (χ1) is 17.3. The Morgan fingerprint density at radius 3 is 2.30 bits per heavy atom. The molecule has 1 atom stereocenters. The number of halogens is 5. The highest BCUT2D eigenvalue weighted by Crippen LogP contribution is 2.40. The highest BCUT2D eigenvalue weighted by Gasteiger charge is 2.40. The number of carbonyl (C=O) groups is 1. The van der Waals surface area contributed by atoms with Gasteiger partial charge < -0.3 is 14.5 Å². The molecule has 2 aliphatic rings. The van der Waals surface area contributed by atoms with Crippen LogP contribution in [0, 0.1) is 0 Å². The maximum atomic E-state index is 13.3. The molecule has 0 aliphatic carbocycles. The third-order valence-corrected chi connectivity index (χ3v) is 9.43. The molecule has 37 heavy (non-hydrogen) atoms. The number of amides is 1. The fourth-order valence-corrected chi connectivity index (χ4v) is 7.43. The maximum Gasteiger partial charge on any atom is 0.416 e. The Balaban J connectivity index is 1.53. The summed E-state index contributed by atoms with van der Waals surface area (Å²) in [6.45, 7) is 4.75. The molecule has 210 valence electrons.